The van der Waals surface area contributed by atoms with E-state index in [1.807, 2.05) is 18.2 Å². The summed E-state index contributed by atoms with van der Waals surface area (Å²) in [5.74, 6) is -1.09. The highest BCUT2D eigenvalue weighted by Gasteiger charge is 2.60. The van der Waals surface area contributed by atoms with Crippen LogP contribution in [0.25, 0.3) is 0 Å². The smallest absolute Gasteiger partial charge is 0.269 e. The van der Waals surface area contributed by atoms with E-state index in [-0.39, 0.29) is 5.69 Å². The van der Waals surface area contributed by atoms with Crippen LogP contribution in [0.1, 0.15) is 44.2 Å². The van der Waals surface area contributed by atoms with Gasteiger partial charge in [-0.05, 0) is 48.4 Å². The average Bonchev–Trinajstić information content (AvgIpc) is 3.45. The van der Waals surface area contributed by atoms with Crippen LogP contribution in [0, 0.1) is 16.0 Å². The first-order chi connectivity index (χ1) is 18.5. The number of imide groups is 1. The van der Waals surface area contributed by atoms with E-state index in [1.54, 1.807) is 48.5 Å². The van der Waals surface area contributed by atoms with Gasteiger partial charge in [0.25, 0.3) is 11.6 Å². The summed E-state index contributed by atoms with van der Waals surface area (Å²) in [6, 6.07) is 21.4. The molecular formula is C29H29N3O6. The van der Waals surface area contributed by atoms with E-state index in [0.29, 0.717) is 29.3 Å². The summed E-state index contributed by atoms with van der Waals surface area (Å²) < 4.78 is 5.79. The van der Waals surface area contributed by atoms with Crippen LogP contribution in [0.3, 0.4) is 0 Å². The van der Waals surface area contributed by atoms with Crippen LogP contribution in [-0.4, -0.2) is 29.4 Å². The summed E-state index contributed by atoms with van der Waals surface area (Å²) in [7, 11) is 0. The van der Waals surface area contributed by atoms with Gasteiger partial charge in [0.1, 0.15) is 11.7 Å². The Bertz CT molecular complexity index is 1310. The number of hydrogen-bond acceptors (Lipinski definition) is 7. The zero-order chi connectivity index (χ0) is 26.6. The number of carbonyl (C=O) groups is 2. The molecule has 196 valence electrons. The van der Waals surface area contributed by atoms with E-state index in [2.05, 4.69) is 6.92 Å². The van der Waals surface area contributed by atoms with Gasteiger partial charge in [-0.3, -0.25) is 24.5 Å². The highest BCUT2D eigenvalue weighted by Crippen LogP contribution is 2.48. The number of para-hydroxylation sites is 1. The molecule has 2 aliphatic rings. The molecule has 0 N–H and O–H groups in total. The number of nitrogens with zero attached hydrogens (tertiary/aromatic N) is 3. The number of fused-ring (bicyclic) bond motifs is 1. The predicted octanol–water partition coefficient (Wildman–Crippen LogP) is 5.61. The van der Waals surface area contributed by atoms with Gasteiger partial charge < -0.3 is 4.74 Å². The van der Waals surface area contributed by atoms with Crippen molar-refractivity contribution in [3.05, 3.63) is 94.5 Å². The third kappa shape index (κ3) is 4.84. The molecule has 2 amide bonds. The molecule has 0 spiro atoms. The van der Waals surface area contributed by atoms with Crippen LogP contribution in [0.15, 0.2) is 78.9 Å². The Hall–Kier alpha value is -4.24. The van der Waals surface area contributed by atoms with Gasteiger partial charge in [-0.25, -0.2) is 9.96 Å². The molecule has 3 aromatic rings. The van der Waals surface area contributed by atoms with Crippen molar-refractivity contribution < 1.29 is 24.1 Å². The van der Waals surface area contributed by atoms with Crippen molar-refractivity contribution in [3.8, 4) is 5.75 Å². The monoisotopic (exact) mass is 515 g/mol. The number of unbranched alkanes of at least 4 members (excludes halogenated alkanes) is 3. The maximum absolute atomic E-state index is 13.8. The van der Waals surface area contributed by atoms with E-state index < -0.39 is 34.8 Å². The number of non-ortho nitro benzene ring substituents is 1. The Morgan fingerprint density at radius 2 is 1.66 bits per heavy atom. The SMILES string of the molecule is CCCCCCOc1ccc(N2C(=O)[C@@H]3[C@@H](ON(c4ccccc4)[C@H]3c3cccc([N+](=O)[O-])c3)C2=O)cc1. The van der Waals surface area contributed by atoms with Gasteiger partial charge in [0.15, 0.2) is 6.10 Å². The van der Waals surface area contributed by atoms with Gasteiger partial charge in [-0.2, -0.15) is 0 Å². The van der Waals surface area contributed by atoms with Gasteiger partial charge in [-0.1, -0.05) is 56.5 Å². The Labute approximate surface area is 220 Å². The predicted molar refractivity (Wildman–Crippen MR) is 142 cm³/mol. The number of hydroxylamine groups is 1. The molecule has 38 heavy (non-hydrogen) atoms. The van der Waals surface area contributed by atoms with Crippen molar-refractivity contribution in [2.45, 2.75) is 44.8 Å². The fourth-order valence-electron chi connectivity index (χ4n) is 5.04. The molecule has 0 unspecified atom stereocenters. The maximum Gasteiger partial charge on any atom is 0.269 e. The highest BCUT2D eigenvalue weighted by atomic mass is 16.7. The zero-order valence-electron chi connectivity index (χ0n) is 21.1. The molecular weight excluding hydrogens is 486 g/mol. The number of hydrogen-bond donors (Lipinski definition) is 0. The van der Waals surface area contributed by atoms with Crippen molar-refractivity contribution in [1.82, 2.24) is 0 Å². The van der Waals surface area contributed by atoms with E-state index in [1.165, 1.54) is 23.6 Å². The fourth-order valence-corrected chi connectivity index (χ4v) is 5.04. The molecule has 3 aromatic carbocycles. The number of ether oxygens (including phenoxy) is 1. The van der Waals surface area contributed by atoms with Crippen LogP contribution in [-0.2, 0) is 14.4 Å². The molecule has 3 atom stereocenters. The number of nitro benzene ring substituents is 1. The van der Waals surface area contributed by atoms with Crippen LogP contribution in [0.5, 0.6) is 5.75 Å². The standard InChI is InChI=1S/C29H29N3O6/c1-2-3-4-8-18-37-24-16-14-21(15-17-24)30-28(33)25-26(20-10-9-13-23(19-20)32(35)36)31(38-27(25)29(30)34)22-11-6-5-7-12-22/h5-7,9-17,19,25-27H,2-4,8,18H2,1H3/t25-,26-,27+/m0/s1. The molecule has 2 fully saturated rings. The number of rotatable bonds is 10. The van der Waals surface area contributed by atoms with Crippen molar-refractivity contribution >= 4 is 28.9 Å². The van der Waals surface area contributed by atoms with Crippen molar-refractivity contribution in [1.29, 1.82) is 0 Å². The number of anilines is 2. The van der Waals surface area contributed by atoms with Crippen LogP contribution in [0.4, 0.5) is 17.1 Å². The van der Waals surface area contributed by atoms with Crippen molar-refractivity contribution in [2.24, 2.45) is 5.92 Å². The third-order valence-electron chi connectivity index (χ3n) is 6.91. The summed E-state index contributed by atoms with van der Waals surface area (Å²) in [6.07, 6.45) is 3.35. The second kappa shape index (κ2) is 11.0. The number of nitro groups is 1. The first kappa shape index (κ1) is 25.4. The summed E-state index contributed by atoms with van der Waals surface area (Å²) >= 11 is 0. The Balaban J connectivity index is 1.41. The Kier molecular flexibility index (Phi) is 7.37. The molecule has 9 nitrogen and oxygen atoms in total. The molecule has 0 aromatic heterocycles. The van der Waals surface area contributed by atoms with Gasteiger partial charge in [0.2, 0.25) is 5.91 Å². The van der Waals surface area contributed by atoms with Crippen LogP contribution >= 0.6 is 0 Å². The summed E-state index contributed by atoms with van der Waals surface area (Å²) in [6.45, 7) is 2.77. The minimum absolute atomic E-state index is 0.0992. The van der Waals surface area contributed by atoms with Crippen molar-refractivity contribution in [3.63, 3.8) is 0 Å². The van der Waals surface area contributed by atoms with Gasteiger partial charge in [-0.15, -0.1) is 0 Å². The van der Waals surface area contributed by atoms with E-state index in [0.717, 1.165) is 24.2 Å². The summed E-state index contributed by atoms with van der Waals surface area (Å²) in [5.41, 5.74) is 1.50. The molecule has 0 radical (unpaired) electrons. The lowest BCUT2D eigenvalue weighted by Gasteiger charge is -2.28. The minimum atomic E-state index is -1.05. The first-order valence-electron chi connectivity index (χ1n) is 12.9. The topological polar surface area (TPSA) is 102 Å². The number of amides is 2. The highest BCUT2D eigenvalue weighted by molar-refractivity contribution is 6.23. The Morgan fingerprint density at radius 3 is 2.37 bits per heavy atom. The van der Waals surface area contributed by atoms with Crippen LogP contribution < -0.4 is 14.7 Å². The molecule has 2 saturated heterocycles. The second-order valence-corrected chi connectivity index (χ2v) is 9.42. The normalized spacial score (nSPS) is 20.6. The molecule has 0 bridgehead atoms. The maximum atomic E-state index is 13.8. The average molecular weight is 516 g/mol. The van der Waals surface area contributed by atoms with Crippen LogP contribution in [0.2, 0.25) is 0 Å². The fraction of sp³-hybridized carbons (Fsp3) is 0.310. The van der Waals surface area contributed by atoms with Gasteiger partial charge in [0, 0.05) is 12.1 Å². The Morgan fingerprint density at radius 1 is 0.895 bits per heavy atom. The van der Waals surface area contributed by atoms with Gasteiger partial charge in [0.05, 0.1) is 28.9 Å². The number of carbonyl (C=O) groups excluding carboxylic acids is 2. The number of benzene rings is 3. The zero-order valence-corrected chi connectivity index (χ0v) is 21.1. The summed E-state index contributed by atoms with van der Waals surface area (Å²) in [4.78, 5) is 45.5. The van der Waals surface area contributed by atoms with Gasteiger partial charge >= 0.3 is 0 Å². The van der Waals surface area contributed by atoms with E-state index >= 15 is 0 Å². The third-order valence-corrected chi connectivity index (χ3v) is 6.91. The molecule has 5 rings (SSSR count). The molecule has 2 aliphatic heterocycles. The minimum Gasteiger partial charge on any atom is -0.494 e. The summed E-state index contributed by atoms with van der Waals surface area (Å²) in [5, 5.41) is 13.0. The second-order valence-electron chi connectivity index (χ2n) is 9.42. The molecule has 0 aliphatic carbocycles. The first-order valence-corrected chi connectivity index (χ1v) is 12.9. The largest absolute Gasteiger partial charge is 0.494 e. The molecule has 9 heteroatoms. The van der Waals surface area contributed by atoms with E-state index in [9.17, 15) is 19.7 Å². The lowest BCUT2D eigenvalue weighted by Crippen LogP contribution is -2.37. The van der Waals surface area contributed by atoms with E-state index in [4.69, 9.17) is 9.57 Å². The molecule has 0 saturated carbocycles. The molecule has 2 heterocycles. The lowest BCUT2D eigenvalue weighted by molar-refractivity contribution is -0.384. The lowest BCUT2D eigenvalue weighted by atomic mass is 9.90. The quantitative estimate of drug-likeness (QED) is 0.150. The van der Waals surface area contributed by atoms with Crippen molar-refractivity contribution in [2.75, 3.05) is 16.6 Å².